The molecule has 1 aliphatic heterocycles. The maximum Gasteiger partial charge on any atom is 0.289 e. The highest BCUT2D eigenvalue weighted by Gasteiger charge is 2.29. The SMILES string of the molecule is Cc1nc2nc(C(=O)NC(C)(C)CN3CCCCC3C)[nH]n2c(=O)c1C. The van der Waals surface area contributed by atoms with E-state index in [2.05, 4.69) is 32.2 Å². The summed E-state index contributed by atoms with van der Waals surface area (Å²) in [6.07, 6.45) is 3.66. The molecule has 0 spiro atoms. The quantitative estimate of drug-likeness (QED) is 0.860. The van der Waals surface area contributed by atoms with Crippen molar-refractivity contribution in [1.29, 1.82) is 0 Å². The minimum Gasteiger partial charge on any atom is -0.343 e. The molecule has 1 fully saturated rings. The molecule has 2 aromatic rings. The summed E-state index contributed by atoms with van der Waals surface area (Å²) in [5, 5.41) is 5.80. The van der Waals surface area contributed by atoms with Crippen LogP contribution in [0.5, 0.6) is 0 Å². The van der Waals surface area contributed by atoms with Crippen molar-refractivity contribution in [2.45, 2.75) is 65.5 Å². The standard InChI is InChI=1S/C18H28N6O2/c1-11-8-6-7-9-23(11)10-18(4,5)21-15(25)14-20-17-19-13(3)12(2)16(26)24(17)22-14/h11H,6-10H2,1-5H3,(H,21,25)(H,19,20,22). The van der Waals surface area contributed by atoms with Crippen LogP contribution in [0.3, 0.4) is 0 Å². The third-order valence-electron chi connectivity index (χ3n) is 5.17. The lowest BCUT2D eigenvalue weighted by atomic mass is 9.98. The zero-order valence-corrected chi connectivity index (χ0v) is 16.2. The van der Waals surface area contributed by atoms with E-state index in [4.69, 9.17) is 0 Å². The monoisotopic (exact) mass is 360 g/mol. The van der Waals surface area contributed by atoms with E-state index >= 15 is 0 Å². The number of rotatable bonds is 4. The van der Waals surface area contributed by atoms with E-state index in [9.17, 15) is 9.59 Å². The molecule has 1 amide bonds. The van der Waals surface area contributed by atoms with Crippen molar-refractivity contribution in [3.05, 3.63) is 27.4 Å². The zero-order valence-electron chi connectivity index (χ0n) is 16.2. The van der Waals surface area contributed by atoms with Crippen molar-refractivity contribution in [3.8, 4) is 0 Å². The summed E-state index contributed by atoms with van der Waals surface area (Å²) in [5.74, 6) is -0.0232. The Bertz CT molecular complexity index is 882. The summed E-state index contributed by atoms with van der Waals surface area (Å²) in [6, 6.07) is 0.528. The van der Waals surface area contributed by atoms with Crippen molar-refractivity contribution >= 4 is 11.7 Å². The van der Waals surface area contributed by atoms with E-state index in [1.807, 2.05) is 13.8 Å². The van der Waals surface area contributed by atoms with Gasteiger partial charge < -0.3 is 5.32 Å². The van der Waals surface area contributed by atoms with Crippen molar-refractivity contribution in [3.63, 3.8) is 0 Å². The number of carbonyl (C=O) groups is 1. The Balaban J connectivity index is 1.77. The van der Waals surface area contributed by atoms with Crippen LogP contribution in [0.4, 0.5) is 0 Å². The number of nitrogens with one attached hydrogen (secondary N) is 2. The molecular formula is C18H28N6O2. The van der Waals surface area contributed by atoms with Gasteiger partial charge in [-0.15, -0.1) is 0 Å². The molecule has 1 atom stereocenters. The smallest absolute Gasteiger partial charge is 0.289 e. The lowest BCUT2D eigenvalue weighted by Gasteiger charge is -2.39. The molecule has 2 aromatic heterocycles. The Morgan fingerprint density at radius 2 is 2.04 bits per heavy atom. The molecule has 0 bridgehead atoms. The number of hydrogen-bond acceptors (Lipinski definition) is 5. The van der Waals surface area contributed by atoms with Gasteiger partial charge in [0.05, 0.1) is 0 Å². The third-order valence-corrected chi connectivity index (χ3v) is 5.17. The van der Waals surface area contributed by atoms with Gasteiger partial charge in [-0.1, -0.05) is 6.42 Å². The Morgan fingerprint density at radius 3 is 2.73 bits per heavy atom. The van der Waals surface area contributed by atoms with Gasteiger partial charge in [0.15, 0.2) is 0 Å². The van der Waals surface area contributed by atoms with Crippen LogP contribution < -0.4 is 10.9 Å². The number of nitrogens with zero attached hydrogens (tertiary/aromatic N) is 4. The van der Waals surface area contributed by atoms with Crippen LogP contribution >= 0.6 is 0 Å². The molecule has 0 radical (unpaired) electrons. The molecule has 142 valence electrons. The summed E-state index contributed by atoms with van der Waals surface area (Å²) in [4.78, 5) is 35.8. The lowest BCUT2D eigenvalue weighted by molar-refractivity contribution is 0.0825. The number of aromatic amines is 1. The van der Waals surface area contributed by atoms with E-state index in [1.165, 1.54) is 23.8 Å². The van der Waals surface area contributed by atoms with Gasteiger partial charge in [-0.25, -0.2) is 4.98 Å². The number of fused-ring (bicyclic) bond motifs is 1. The van der Waals surface area contributed by atoms with Crippen LogP contribution in [-0.2, 0) is 0 Å². The summed E-state index contributed by atoms with van der Waals surface area (Å²) < 4.78 is 1.22. The minimum absolute atomic E-state index is 0.0966. The first-order chi connectivity index (χ1) is 12.2. The molecule has 3 rings (SSSR count). The number of H-pyrrole nitrogens is 1. The normalized spacial score (nSPS) is 19.0. The van der Waals surface area contributed by atoms with Gasteiger partial charge in [-0.2, -0.15) is 9.50 Å². The summed E-state index contributed by atoms with van der Waals surface area (Å²) >= 11 is 0. The first-order valence-electron chi connectivity index (χ1n) is 9.20. The maximum atomic E-state index is 12.7. The average Bonchev–Trinajstić information content (AvgIpc) is 2.98. The first-order valence-corrected chi connectivity index (χ1v) is 9.20. The number of amides is 1. The average molecular weight is 360 g/mol. The molecule has 1 unspecified atom stereocenters. The maximum absolute atomic E-state index is 12.7. The number of aromatic nitrogens is 4. The first kappa shape index (κ1) is 18.6. The van der Waals surface area contributed by atoms with Gasteiger partial charge >= 0.3 is 0 Å². The number of likely N-dealkylation sites (tertiary alicyclic amines) is 1. The number of piperidine rings is 1. The molecule has 0 aromatic carbocycles. The predicted molar refractivity (Wildman–Crippen MR) is 99.5 cm³/mol. The van der Waals surface area contributed by atoms with E-state index < -0.39 is 5.54 Å². The molecule has 0 aliphatic carbocycles. The fourth-order valence-electron chi connectivity index (χ4n) is 3.51. The fraction of sp³-hybridized carbons (Fsp3) is 0.667. The predicted octanol–water partition coefficient (Wildman–Crippen LogP) is 1.42. The second kappa shape index (κ2) is 6.83. The van der Waals surface area contributed by atoms with E-state index in [1.54, 1.807) is 13.8 Å². The zero-order chi connectivity index (χ0) is 19.1. The Hall–Kier alpha value is -2.22. The van der Waals surface area contributed by atoms with Gasteiger partial charge in [0.2, 0.25) is 5.82 Å². The van der Waals surface area contributed by atoms with E-state index in [-0.39, 0.29) is 23.1 Å². The third kappa shape index (κ3) is 3.65. The highest BCUT2D eigenvalue weighted by Crippen LogP contribution is 2.19. The van der Waals surface area contributed by atoms with Crippen molar-refractivity contribution < 1.29 is 4.79 Å². The molecule has 8 nitrogen and oxygen atoms in total. The fourth-order valence-corrected chi connectivity index (χ4v) is 3.51. The molecule has 1 saturated heterocycles. The molecule has 2 N–H and O–H groups in total. The van der Waals surface area contributed by atoms with Crippen LogP contribution in [0.15, 0.2) is 4.79 Å². The van der Waals surface area contributed by atoms with Gasteiger partial charge in [-0.05, 0) is 54.0 Å². The lowest BCUT2D eigenvalue weighted by Crippen LogP contribution is -2.54. The Morgan fingerprint density at radius 1 is 1.31 bits per heavy atom. The highest BCUT2D eigenvalue weighted by molar-refractivity contribution is 5.91. The molecule has 3 heterocycles. The van der Waals surface area contributed by atoms with Crippen molar-refractivity contribution in [2.24, 2.45) is 0 Å². The molecule has 0 saturated carbocycles. The Labute approximate surface area is 153 Å². The van der Waals surface area contributed by atoms with Crippen LogP contribution in [0.2, 0.25) is 0 Å². The van der Waals surface area contributed by atoms with Crippen LogP contribution in [-0.4, -0.2) is 55.1 Å². The van der Waals surface area contributed by atoms with E-state index in [0.717, 1.165) is 13.1 Å². The van der Waals surface area contributed by atoms with E-state index in [0.29, 0.717) is 17.3 Å². The molecule has 8 heteroatoms. The van der Waals surface area contributed by atoms with Gasteiger partial charge in [0.1, 0.15) is 0 Å². The second-order valence-corrected chi connectivity index (χ2v) is 7.99. The number of hydrogen-bond donors (Lipinski definition) is 2. The topological polar surface area (TPSA) is 95.4 Å². The van der Waals surface area contributed by atoms with Crippen LogP contribution in [0.25, 0.3) is 5.78 Å². The van der Waals surface area contributed by atoms with Crippen molar-refractivity contribution in [2.75, 3.05) is 13.1 Å². The van der Waals surface area contributed by atoms with Crippen LogP contribution in [0.1, 0.15) is 61.9 Å². The second-order valence-electron chi connectivity index (χ2n) is 7.99. The van der Waals surface area contributed by atoms with Gasteiger partial charge in [-0.3, -0.25) is 19.6 Å². The summed E-state index contributed by atoms with van der Waals surface area (Å²) in [7, 11) is 0. The summed E-state index contributed by atoms with van der Waals surface area (Å²) in [5.41, 5.74) is 0.511. The molecular weight excluding hydrogens is 332 g/mol. The minimum atomic E-state index is -0.411. The Kier molecular flexibility index (Phi) is 4.88. The van der Waals surface area contributed by atoms with Gasteiger partial charge in [0, 0.05) is 29.4 Å². The van der Waals surface area contributed by atoms with Crippen LogP contribution in [0, 0.1) is 13.8 Å². The molecule has 26 heavy (non-hydrogen) atoms. The van der Waals surface area contributed by atoms with Crippen molar-refractivity contribution in [1.82, 2.24) is 29.8 Å². The largest absolute Gasteiger partial charge is 0.343 e. The molecule has 1 aliphatic rings. The highest BCUT2D eigenvalue weighted by atomic mass is 16.2. The summed E-state index contributed by atoms with van der Waals surface area (Å²) in [6.45, 7) is 11.6. The number of carbonyl (C=O) groups excluding carboxylic acids is 1. The van der Waals surface area contributed by atoms with Gasteiger partial charge in [0.25, 0.3) is 17.2 Å². The number of aryl methyl sites for hydroxylation is 1.